The van der Waals surface area contributed by atoms with Gasteiger partial charge in [-0.25, -0.2) is 4.79 Å². The number of rotatable bonds is 5. The zero-order chi connectivity index (χ0) is 24.9. The van der Waals surface area contributed by atoms with E-state index in [4.69, 9.17) is 4.42 Å². The summed E-state index contributed by atoms with van der Waals surface area (Å²) < 4.78 is 8.56. The monoisotopic (exact) mass is 466 g/mol. The molecule has 2 aromatic heterocycles. The van der Waals surface area contributed by atoms with Crippen LogP contribution in [-0.2, 0) is 7.05 Å². The summed E-state index contributed by atoms with van der Waals surface area (Å²) in [6, 6.07) is 18.3. The fourth-order valence-electron chi connectivity index (χ4n) is 4.78. The SMILES string of the molecule is Cc1cc([C@@H](C)Nc2ccccc2C(=O)O)c2oc(-c3cn(C)c4ccccc34)c(C)c(=O)c2c1. The molecule has 0 amide bonds. The minimum Gasteiger partial charge on any atom is -0.478 e. The summed E-state index contributed by atoms with van der Waals surface area (Å²) in [5, 5.41) is 14.4. The number of aromatic carboxylic acids is 1. The van der Waals surface area contributed by atoms with Crippen LogP contribution in [0.5, 0.6) is 0 Å². The van der Waals surface area contributed by atoms with E-state index in [9.17, 15) is 14.7 Å². The number of nitrogens with zero attached hydrogens (tertiary/aromatic N) is 1. The van der Waals surface area contributed by atoms with Crippen LogP contribution in [0.4, 0.5) is 5.69 Å². The highest BCUT2D eigenvalue weighted by atomic mass is 16.4. The van der Waals surface area contributed by atoms with Crippen LogP contribution < -0.4 is 10.7 Å². The lowest BCUT2D eigenvalue weighted by atomic mass is 9.98. The number of hydrogen-bond donors (Lipinski definition) is 2. The molecule has 2 N–H and O–H groups in total. The van der Waals surface area contributed by atoms with Crippen molar-refractivity contribution in [3.05, 3.63) is 99.3 Å². The number of aromatic nitrogens is 1. The zero-order valence-corrected chi connectivity index (χ0v) is 20.0. The zero-order valence-electron chi connectivity index (χ0n) is 20.0. The van der Waals surface area contributed by atoms with Gasteiger partial charge in [-0.3, -0.25) is 4.79 Å². The molecule has 0 aliphatic heterocycles. The van der Waals surface area contributed by atoms with Gasteiger partial charge < -0.3 is 19.4 Å². The van der Waals surface area contributed by atoms with E-state index in [-0.39, 0.29) is 17.0 Å². The molecule has 0 saturated heterocycles. The number of fused-ring (bicyclic) bond motifs is 2. The Morgan fingerprint density at radius 2 is 1.74 bits per heavy atom. The number of nitrogens with one attached hydrogen (secondary N) is 1. The predicted octanol–water partition coefficient (Wildman–Crippen LogP) is 6.44. The van der Waals surface area contributed by atoms with Gasteiger partial charge in [-0.15, -0.1) is 0 Å². The third kappa shape index (κ3) is 3.77. The molecule has 0 bridgehead atoms. The highest BCUT2D eigenvalue weighted by Crippen LogP contribution is 2.36. The second kappa shape index (κ2) is 8.47. The molecule has 0 aliphatic rings. The maximum absolute atomic E-state index is 13.5. The molecule has 6 nitrogen and oxygen atoms in total. The van der Waals surface area contributed by atoms with Gasteiger partial charge in [-0.2, -0.15) is 0 Å². The molecule has 5 aromatic rings. The minimum atomic E-state index is -1.00. The maximum atomic E-state index is 13.5. The van der Waals surface area contributed by atoms with Crippen LogP contribution in [0.1, 0.15) is 40.0 Å². The van der Waals surface area contributed by atoms with Crippen molar-refractivity contribution in [3.8, 4) is 11.3 Å². The lowest BCUT2D eigenvalue weighted by molar-refractivity contribution is 0.0698. The largest absolute Gasteiger partial charge is 0.478 e. The van der Waals surface area contributed by atoms with Crippen molar-refractivity contribution in [2.75, 3.05) is 5.32 Å². The van der Waals surface area contributed by atoms with E-state index in [1.807, 2.05) is 68.1 Å². The Hall–Kier alpha value is -4.32. The van der Waals surface area contributed by atoms with Crippen molar-refractivity contribution in [2.45, 2.75) is 26.8 Å². The van der Waals surface area contributed by atoms with Crippen LogP contribution in [0, 0.1) is 13.8 Å². The van der Waals surface area contributed by atoms with Crippen LogP contribution in [0.25, 0.3) is 33.2 Å². The first-order valence-corrected chi connectivity index (χ1v) is 11.5. The molecule has 176 valence electrons. The van der Waals surface area contributed by atoms with Gasteiger partial charge in [0.15, 0.2) is 5.43 Å². The number of hydrogen-bond acceptors (Lipinski definition) is 4. The average molecular weight is 467 g/mol. The number of para-hydroxylation sites is 2. The van der Waals surface area contributed by atoms with Crippen LogP contribution in [0.15, 0.2) is 76.1 Å². The molecular weight excluding hydrogens is 440 g/mol. The van der Waals surface area contributed by atoms with E-state index in [0.717, 1.165) is 27.6 Å². The molecule has 0 radical (unpaired) electrons. The summed E-state index contributed by atoms with van der Waals surface area (Å²) in [6.45, 7) is 5.67. The summed E-state index contributed by atoms with van der Waals surface area (Å²) in [5.74, 6) is -0.461. The molecule has 0 spiro atoms. The summed E-state index contributed by atoms with van der Waals surface area (Å²) >= 11 is 0. The second-order valence-electron chi connectivity index (χ2n) is 9.00. The lowest BCUT2D eigenvalue weighted by Crippen LogP contribution is -2.14. The predicted molar refractivity (Wildman–Crippen MR) is 139 cm³/mol. The second-order valence-corrected chi connectivity index (χ2v) is 9.00. The Morgan fingerprint density at radius 1 is 1.03 bits per heavy atom. The molecule has 3 aromatic carbocycles. The minimum absolute atomic E-state index is 0.0720. The van der Waals surface area contributed by atoms with Gasteiger partial charge in [0.1, 0.15) is 11.3 Å². The van der Waals surface area contributed by atoms with Crippen molar-refractivity contribution < 1.29 is 14.3 Å². The molecule has 6 heteroatoms. The highest BCUT2D eigenvalue weighted by Gasteiger charge is 2.21. The molecule has 5 rings (SSSR count). The fourth-order valence-corrected chi connectivity index (χ4v) is 4.78. The van der Waals surface area contributed by atoms with Gasteiger partial charge in [-0.1, -0.05) is 36.4 Å². The van der Waals surface area contributed by atoms with Crippen LogP contribution >= 0.6 is 0 Å². The molecule has 1 atom stereocenters. The van der Waals surface area contributed by atoms with Crippen LogP contribution in [0.2, 0.25) is 0 Å². The van der Waals surface area contributed by atoms with Crippen molar-refractivity contribution in [1.82, 2.24) is 4.57 Å². The van der Waals surface area contributed by atoms with Gasteiger partial charge in [0, 0.05) is 46.5 Å². The number of carboxylic acid groups (broad SMARTS) is 1. The molecule has 35 heavy (non-hydrogen) atoms. The number of carboxylic acids is 1. The number of benzene rings is 3. The Balaban J connectivity index is 1.72. The first-order chi connectivity index (χ1) is 16.8. The van der Waals surface area contributed by atoms with Crippen molar-refractivity contribution in [3.63, 3.8) is 0 Å². The quantitative estimate of drug-likeness (QED) is 0.311. The summed E-state index contributed by atoms with van der Waals surface area (Å²) in [7, 11) is 1.97. The lowest BCUT2D eigenvalue weighted by Gasteiger charge is -2.20. The van der Waals surface area contributed by atoms with Gasteiger partial charge in [0.05, 0.1) is 17.0 Å². The average Bonchev–Trinajstić information content (AvgIpc) is 3.17. The third-order valence-corrected chi connectivity index (χ3v) is 6.53. The first kappa shape index (κ1) is 22.5. The Labute approximate surface area is 202 Å². The summed E-state index contributed by atoms with van der Waals surface area (Å²) in [4.78, 5) is 25.2. The Morgan fingerprint density at radius 3 is 2.51 bits per heavy atom. The van der Waals surface area contributed by atoms with Gasteiger partial charge in [0.2, 0.25) is 0 Å². The van der Waals surface area contributed by atoms with E-state index < -0.39 is 5.97 Å². The Kier molecular flexibility index (Phi) is 5.44. The van der Waals surface area contributed by atoms with Gasteiger partial charge in [0.25, 0.3) is 0 Å². The van der Waals surface area contributed by atoms with E-state index in [1.165, 1.54) is 0 Å². The molecule has 0 unspecified atom stereocenters. The standard InChI is InChI=1S/C29H26N2O4/c1-16-13-21(18(3)30-24-11-7-5-10-20(24)29(33)34)28-22(14-16)26(32)17(2)27(35-28)23-15-31(4)25-12-8-6-9-19(23)25/h5-15,18,30H,1-4H3,(H,33,34)/t18-/m1/s1. The van der Waals surface area contributed by atoms with Crippen LogP contribution in [0.3, 0.4) is 0 Å². The number of carbonyl (C=O) groups is 1. The summed E-state index contributed by atoms with van der Waals surface area (Å²) in [6.07, 6.45) is 1.99. The highest BCUT2D eigenvalue weighted by molar-refractivity contribution is 5.97. The normalized spacial score (nSPS) is 12.2. The van der Waals surface area contributed by atoms with E-state index in [0.29, 0.717) is 28.0 Å². The Bertz CT molecular complexity index is 1680. The number of anilines is 1. The molecule has 0 saturated carbocycles. The molecule has 2 heterocycles. The van der Waals surface area contributed by atoms with Crippen molar-refractivity contribution in [2.24, 2.45) is 7.05 Å². The summed E-state index contributed by atoms with van der Waals surface area (Å²) in [5.41, 5.74) is 5.31. The fraction of sp³-hybridized carbons (Fsp3) is 0.172. The van der Waals surface area contributed by atoms with Crippen molar-refractivity contribution >= 4 is 33.5 Å². The van der Waals surface area contributed by atoms with Crippen molar-refractivity contribution in [1.29, 1.82) is 0 Å². The van der Waals surface area contributed by atoms with Gasteiger partial charge >= 0.3 is 5.97 Å². The van der Waals surface area contributed by atoms with E-state index in [2.05, 4.69) is 5.32 Å². The van der Waals surface area contributed by atoms with Gasteiger partial charge in [-0.05, 0) is 50.6 Å². The maximum Gasteiger partial charge on any atom is 0.337 e. The molecular formula is C29H26N2O4. The molecule has 0 fully saturated rings. The van der Waals surface area contributed by atoms with E-state index in [1.54, 1.807) is 31.2 Å². The third-order valence-electron chi connectivity index (χ3n) is 6.53. The van der Waals surface area contributed by atoms with Crippen LogP contribution in [-0.4, -0.2) is 15.6 Å². The number of aryl methyl sites for hydroxylation is 2. The van der Waals surface area contributed by atoms with E-state index >= 15 is 0 Å². The first-order valence-electron chi connectivity index (χ1n) is 11.5. The topological polar surface area (TPSA) is 84.5 Å². The molecule has 0 aliphatic carbocycles. The smallest absolute Gasteiger partial charge is 0.337 e.